The summed E-state index contributed by atoms with van der Waals surface area (Å²) in [4.78, 5) is 36.1. The van der Waals surface area contributed by atoms with Crippen LogP contribution in [0.25, 0.3) is 11.1 Å². The second-order valence-corrected chi connectivity index (χ2v) is 6.52. The molecule has 130 valence electrons. The van der Waals surface area contributed by atoms with Crippen LogP contribution in [-0.2, 0) is 6.42 Å². The maximum atomic E-state index is 12.7. The predicted molar refractivity (Wildman–Crippen MR) is 99.1 cm³/mol. The molecule has 0 saturated heterocycles. The molecular weight excluding hydrogens is 328 g/mol. The maximum absolute atomic E-state index is 12.7. The first-order valence-corrected chi connectivity index (χ1v) is 8.47. The van der Waals surface area contributed by atoms with Gasteiger partial charge in [0.25, 0.3) is 5.56 Å². The van der Waals surface area contributed by atoms with Crippen LogP contribution < -0.4 is 11.3 Å². The molecule has 0 aliphatic heterocycles. The topological polar surface area (TPSA) is 102 Å². The molecule has 2 aromatic heterocycles. The number of aromatic amines is 1. The van der Waals surface area contributed by atoms with Crippen LogP contribution in [0.1, 0.15) is 39.6 Å². The molecule has 26 heavy (non-hydrogen) atoms. The van der Waals surface area contributed by atoms with E-state index in [2.05, 4.69) is 15.0 Å². The Bertz CT molecular complexity index is 1070. The number of nitrogens with two attached hydrogens (primary N) is 1. The Hall–Kier alpha value is -3.28. The van der Waals surface area contributed by atoms with Gasteiger partial charge in [-0.2, -0.15) is 0 Å². The van der Waals surface area contributed by atoms with E-state index in [0.717, 1.165) is 11.1 Å². The lowest BCUT2D eigenvalue weighted by Crippen LogP contribution is -2.23. The Morgan fingerprint density at radius 1 is 1.04 bits per heavy atom. The first-order chi connectivity index (χ1) is 12.5. The van der Waals surface area contributed by atoms with E-state index in [0.29, 0.717) is 35.4 Å². The van der Waals surface area contributed by atoms with Crippen molar-refractivity contribution in [2.75, 3.05) is 5.73 Å². The molecule has 0 saturated carbocycles. The summed E-state index contributed by atoms with van der Waals surface area (Å²) < 4.78 is 0. The number of ketones is 1. The summed E-state index contributed by atoms with van der Waals surface area (Å²) in [5, 5.41) is 0. The van der Waals surface area contributed by atoms with Crippen LogP contribution in [0.2, 0.25) is 0 Å². The monoisotopic (exact) mass is 346 g/mol. The zero-order chi connectivity index (χ0) is 18.3. The van der Waals surface area contributed by atoms with Gasteiger partial charge >= 0.3 is 0 Å². The SMILES string of the molecule is Cc1nc(N)nc2c1C(=O)CC(c1ccccc1-c1ccc[nH]c1=O)C2. The van der Waals surface area contributed by atoms with E-state index in [1.807, 2.05) is 24.3 Å². The van der Waals surface area contributed by atoms with Gasteiger partial charge in [-0.3, -0.25) is 9.59 Å². The lowest BCUT2D eigenvalue weighted by atomic mass is 9.79. The van der Waals surface area contributed by atoms with E-state index in [1.54, 1.807) is 25.3 Å². The van der Waals surface area contributed by atoms with Crippen LogP contribution >= 0.6 is 0 Å². The van der Waals surface area contributed by atoms with Crippen LogP contribution in [0.5, 0.6) is 0 Å². The number of fused-ring (bicyclic) bond motifs is 1. The molecule has 1 aromatic carbocycles. The molecule has 0 spiro atoms. The number of benzene rings is 1. The average Bonchev–Trinajstić information content (AvgIpc) is 2.61. The fourth-order valence-corrected chi connectivity index (χ4v) is 3.75. The molecule has 0 bridgehead atoms. The van der Waals surface area contributed by atoms with Gasteiger partial charge in [0, 0.05) is 18.2 Å². The Morgan fingerprint density at radius 3 is 2.62 bits per heavy atom. The molecule has 3 N–H and O–H groups in total. The Labute approximate surface area is 150 Å². The molecular formula is C20H18N4O2. The van der Waals surface area contributed by atoms with Crippen molar-refractivity contribution in [1.82, 2.24) is 15.0 Å². The first-order valence-electron chi connectivity index (χ1n) is 8.47. The molecule has 1 unspecified atom stereocenters. The Morgan fingerprint density at radius 2 is 1.81 bits per heavy atom. The number of H-pyrrole nitrogens is 1. The number of carbonyl (C=O) groups excluding carboxylic acids is 1. The Kier molecular flexibility index (Phi) is 3.88. The molecule has 1 atom stereocenters. The van der Waals surface area contributed by atoms with Crippen molar-refractivity contribution in [2.45, 2.75) is 25.7 Å². The number of hydrogen-bond acceptors (Lipinski definition) is 5. The molecule has 3 aromatic rings. The highest BCUT2D eigenvalue weighted by atomic mass is 16.1. The molecule has 1 aliphatic carbocycles. The lowest BCUT2D eigenvalue weighted by Gasteiger charge is -2.26. The van der Waals surface area contributed by atoms with Gasteiger partial charge in [-0.1, -0.05) is 24.3 Å². The summed E-state index contributed by atoms with van der Waals surface area (Å²) in [6.07, 6.45) is 2.57. The number of carbonyl (C=O) groups is 1. The van der Waals surface area contributed by atoms with Crippen LogP contribution in [-0.4, -0.2) is 20.7 Å². The first kappa shape index (κ1) is 16.2. The zero-order valence-corrected chi connectivity index (χ0v) is 14.3. The van der Waals surface area contributed by atoms with E-state index in [-0.39, 0.29) is 23.2 Å². The third-order valence-corrected chi connectivity index (χ3v) is 4.84. The number of nitrogens with one attached hydrogen (secondary N) is 1. The van der Waals surface area contributed by atoms with Crippen molar-refractivity contribution in [1.29, 1.82) is 0 Å². The van der Waals surface area contributed by atoms with Gasteiger partial charge in [0.05, 0.1) is 17.0 Å². The van der Waals surface area contributed by atoms with Gasteiger partial charge in [0.1, 0.15) is 0 Å². The third kappa shape index (κ3) is 2.69. The maximum Gasteiger partial charge on any atom is 0.255 e. The molecule has 1 aliphatic rings. The summed E-state index contributed by atoms with van der Waals surface area (Å²) in [6.45, 7) is 1.78. The van der Waals surface area contributed by atoms with Crippen molar-refractivity contribution >= 4 is 11.7 Å². The molecule has 6 nitrogen and oxygen atoms in total. The van der Waals surface area contributed by atoms with E-state index < -0.39 is 0 Å². The number of pyridine rings is 1. The van der Waals surface area contributed by atoms with Crippen LogP contribution in [0.4, 0.5) is 5.95 Å². The van der Waals surface area contributed by atoms with Crippen LogP contribution in [0.3, 0.4) is 0 Å². The molecule has 6 heteroatoms. The van der Waals surface area contributed by atoms with Gasteiger partial charge in [0.15, 0.2) is 5.78 Å². The van der Waals surface area contributed by atoms with Crippen molar-refractivity contribution < 1.29 is 4.79 Å². The van der Waals surface area contributed by atoms with Crippen molar-refractivity contribution in [3.63, 3.8) is 0 Å². The summed E-state index contributed by atoms with van der Waals surface area (Å²) in [5.74, 6) is 0.146. The molecule has 0 fully saturated rings. The molecule has 4 rings (SSSR count). The smallest absolute Gasteiger partial charge is 0.255 e. The predicted octanol–water partition coefficient (Wildman–Crippen LogP) is 2.64. The summed E-state index contributed by atoms with van der Waals surface area (Å²) >= 11 is 0. The summed E-state index contributed by atoms with van der Waals surface area (Å²) in [5.41, 5.74) is 9.94. The zero-order valence-electron chi connectivity index (χ0n) is 14.3. The number of hydrogen-bond donors (Lipinski definition) is 2. The van der Waals surface area contributed by atoms with E-state index in [9.17, 15) is 9.59 Å². The highest BCUT2D eigenvalue weighted by Gasteiger charge is 2.31. The fourth-order valence-electron chi connectivity index (χ4n) is 3.75. The second kappa shape index (κ2) is 6.22. The highest BCUT2D eigenvalue weighted by molar-refractivity contribution is 6.00. The van der Waals surface area contributed by atoms with Crippen molar-refractivity contribution in [2.24, 2.45) is 0 Å². The number of rotatable bonds is 2. The Balaban J connectivity index is 1.82. The van der Waals surface area contributed by atoms with Gasteiger partial charge in [-0.25, -0.2) is 9.97 Å². The van der Waals surface area contributed by atoms with Crippen LogP contribution in [0, 0.1) is 6.92 Å². The minimum Gasteiger partial charge on any atom is -0.368 e. The molecule has 0 amide bonds. The third-order valence-electron chi connectivity index (χ3n) is 4.84. The molecule has 2 heterocycles. The standard InChI is InChI=1S/C20H18N4O2/c1-11-18-16(24-20(21)23-11)9-12(10-17(18)25)13-5-2-3-6-14(13)15-7-4-8-22-19(15)26/h2-8,12H,9-10H2,1H3,(H,22,26)(H2,21,23,24). The largest absolute Gasteiger partial charge is 0.368 e. The summed E-state index contributed by atoms with van der Waals surface area (Å²) in [7, 11) is 0. The van der Waals surface area contributed by atoms with Crippen LogP contribution in [0.15, 0.2) is 47.4 Å². The number of nitrogens with zero attached hydrogens (tertiary/aromatic N) is 2. The highest BCUT2D eigenvalue weighted by Crippen LogP contribution is 2.37. The normalized spacial score (nSPS) is 16.3. The fraction of sp³-hybridized carbons (Fsp3) is 0.200. The minimum absolute atomic E-state index is 0.0190. The van der Waals surface area contributed by atoms with E-state index >= 15 is 0 Å². The van der Waals surface area contributed by atoms with Gasteiger partial charge in [-0.05, 0) is 42.5 Å². The van der Waals surface area contributed by atoms with E-state index in [4.69, 9.17) is 5.73 Å². The number of Topliss-reactive ketones (excluding diaryl/α,β-unsaturated/α-hetero) is 1. The number of aryl methyl sites for hydroxylation is 1. The van der Waals surface area contributed by atoms with Crippen molar-refractivity contribution in [3.05, 3.63) is 75.5 Å². The average molecular weight is 346 g/mol. The second-order valence-electron chi connectivity index (χ2n) is 6.52. The lowest BCUT2D eigenvalue weighted by molar-refractivity contribution is 0.0962. The van der Waals surface area contributed by atoms with Gasteiger partial charge in [-0.15, -0.1) is 0 Å². The molecule has 0 radical (unpaired) electrons. The van der Waals surface area contributed by atoms with E-state index in [1.165, 1.54) is 0 Å². The van der Waals surface area contributed by atoms with Crippen molar-refractivity contribution in [3.8, 4) is 11.1 Å². The van der Waals surface area contributed by atoms with Gasteiger partial charge < -0.3 is 10.7 Å². The quantitative estimate of drug-likeness (QED) is 0.743. The minimum atomic E-state index is -0.148. The summed E-state index contributed by atoms with van der Waals surface area (Å²) in [6, 6.07) is 11.3. The number of anilines is 1. The number of nitrogen functional groups attached to an aromatic ring is 1. The number of aromatic nitrogens is 3. The van der Waals surface area contributed by atoms with Gasteiger partial charge in [0.2, 0.25) is 5.95 Å².